The highest BCUT2D eigenvalue weighted by atomic mass is 16.6. The number of carbonyl (C=O) groups excluding carboxylic acids is 1. The highest BCUT2D eigenvalue weighted by Crippen LogP contribution is 2.30. The quantitative estimate of drug-likeness (QED) is 0.823. The van der Waals surface area contributed by atoms with Crippen LogP contribution in [0.15, 0.2) is 24.3 Å². The van der Waals surface area contributed by atoms with Gasteiger partial charge >= 0.3 is 0 Å². The van der Waals surface area contributed by atoms with Gasteiger partial charge in [0.1, 0.15) is 13.2 Å². The molecule has 0 aromatic heterocycles. The standard InChI is InChI=1S/C15H21NO4/c1-11(2)18-10-15(17)16(3)8-12-9-19-13-6-4-5-7-14(13)20-12/h4-7,11-12H,8-10H2,1-3H3. The number of hydrogen-bond donors (Lipinski definition) is 0. The maximum atomic E-state index is 11.9. The van der Waals surface area contributed by atoms with Crippen molar-refractivity contribution in [2.75, 3.05) is 26.8 Å². The highest BCUT2D eigenvalue weighted by molar-refractivity contribution is 5.77. The largest absolute Gasteiger partial charge is 0.486 e. The minimum absolute atomic E-state index is 0.0495. The topological polar surface area (TPSA) is 48.0 Å². The van der Waals surface area contributed by atoms with E-state index in [4.69, 9.17) is 14.2 Å². The molecule has 0 aliphatic carbocycles. The molecule has 0 fully saturated rings. The summed E-state index contributed by atoms with van der Waals surface area (Å²) in [6.07, 6.45) is -0.105. The fraction of sp³-hybridized carbons (Fsp3) is 0.533. The number of fused-ring (bicyclic) bond motifs is 1. The first-order chi connectivity index (χ1) is 9.56. The van der Waals surface area contributed by atoms with E-state index in [9.17, 15) is 4.79 Å². The Morgan fingerprint density at radius 1 is 1.40 bits per heavy atom. The van der Waals surface area contributed by atoms with Gasteiger partial charge in [0.2, 0.25) is 5.91 Å². The molecule has 0 saturated heterocycles. The zero-order valence-corrected chi connectivity index (χ0v) is 12.2. The molecule has 1 aliphatic rings. The van der Waals surface area contributed by atoms with Crippen LogP contribution in [0.25, 0.3) is 0 Å². The SMILES string of the molecule is CC(C)OCC(=O)N(C)CC1COc2ccccc2O1. The average Bonchev–Trinajstić information content (AvgIpc) is 2.44. The molecule has 0 N–H and O–H groups in total. The van der Waals surface area contributed by atoms with E-state index in [1.165, 1.54) is 0 Å². The molecule has 1 unspecified atom stereocenters. The number of para-hydroxylation sites is 2. The number of nitrogens with zero attached hydrogens (tertiary/aromatic N) is 1. The van der Waals surface area contributed by atoms with Gasteiger partial charge in [-0.3, -0.25) is 4.79 Å². The molecule has 1 aliphatic heterocycles. The average molecular weight is 279 g/mol. The molecular weight excluding hydrogens is 258 g/mol. The van der Waals surface area contributed by atoms with Gasteiger partial charge in [-0.25, -0.2) is 0 Å². The molecule has 0 radical (unpaired) electrons. The summed E-state index contributed by atoms with van der Waals surface area (Å²) in [5.74, 6) is 1.42. The molecule has 1 aromatic rings. The number of ether oxygens (including phenoxy) is 3. The van der Waals surface area contributed by atoms with Gasteiger partial charge in [-0.15, -0.1) is 0 Å². The summed E-state index contributed by atoms with van der Waals surface area (Å²) in [4.78, 5) is 13.5. The first-order valence-corrected chi connectivity index (χ1v) is 6.80. The Morgan fingerprint density at radius 2 is 2.10 bits per heavy atom. The molecule has 0 bridgehead atoms. The highest BCUT2D eigenvalue weighted by Gasteiger charge is 2.23. The van der Waals surface area contributed by atoms with Crippen molar-refractivity contribution in [3.63, 3.8) is 0 Å². The second-order valence-electron chi connectivity index (χ2n) is 5.13. The zero-order chi connectivity index (χ0) is 14.5. The predicted octanol–water partition coefficient (Wildman–Crippen LogP) is 1.71. The lowest BCUT2D eigenvalue weighted by molar-refractivity contribution is -0.137. The minimum atomic E-state index is -0.155. The van der Waals surface area contributed by atoms with Crippen LogP contribution in [-0.2, 0) is 9.53 Å². The third-order valence-corrected chi connectivity index (χ3v) is 3.01. The van der Waals surface area contributed by atoms with Gasteiger partial charge in [-0.05, 0) is 26.0 Å². The monoisotopic (exact) mass is 279 g/mol. The van der Waals surface area contributed by atoms with Gasteiger partial charge in [0.05, 0.1) is 12.6 Å². The number of rotatable bonds is 5. The van der Waals surface area contributed by atoms with Crippen LogP contribution in [0.5, 0.6) is 11.5 Å². The van der Waals surface area contributed by atoms with Crippen LogP contribution < -0.4 is 9.47 Å². The van der Waals surface area contributed by atoms with E-state index in [1.54, 1.807) is 11.9 Å². The number of likely N-dealkylation sites (N-methyl/N-ethyl adjacent to an activating group) is 1. The van der Waals surface area contributed by atoms with E-state index in [-0.39, 0.29) is 24.7 Å². The van der Waals surface area contributed by atoms with Crippen LogP contribution in [-0.4, -0.2) is 49.8 Å². The van der Waals surface area contributed by atoms with Gasteiger partial charge < -0.3 is 19.1 Å². The van der Waals surface area contributed by atoms with Crippen LogP contribution in [0.4, 0.5) is 0 Å². The normalized spacial score (nSPS) is 17.1. The molecule has 1 aromatic carbocycles. The van der Waals surface area contributed by atoms with Gasteiger partial charge in [0.15, 0.2) is 17.6 Å². The molecule has 1 heterocycles. The van der Waals surface area contributed by atoms with Gasteiger partial charge in [-0.1, -0.05) is 12.1 Å². The van der Waals surface area contributed by atoms with Crippen molar-refractivity contribution in [1.29, 1.82) is 0 Å². The third-order valence-electron chi connectivity index (χ3n) is 3.01. The lowest BCUT2D eigenvalue weighted by Gasteiger charge is -2.29. The molecule has 0 spiro atoms. The summed E-state index contributed by atoms with van der Waals surface area (Å²) in [5, 5.41) is 0. The van der Waals surface area contributed by atoms with Crippen LogP contribution in [0.1, 0.15) is 13.8 Å². The van der Waals surface area contributed by atoms with Gasteiger partial charge in [0.25, 0.3) is 0 Å². The molecule has 20 heavy (non-hydrogen) atoms. The summed E-state index contributed by atoms with van der Waals surface area (Å²) in [7, 11) is 1.75. The van der Waals surface area contributed by atoms with Crippen molar-refractivity contribution >= 4 is 5.91 Å². The number of carbonyl (C=O) groups is 1. The Bertz CT molecular complexity index is 461. The minimum Gasteiger partial charge on any atom is -0.486 e. The summed E-state index contributed by atoms with van der Waals surface area (Å²) in [6, 6.07) is 7.54. The number of benzene rings is 1. The fourth-order valence-corrected chi connectivity index (χ4v) is 1.91. The first-order valence-electron chi connectivity index (χ1n) is 6.80. The Morgan fingerprint density at radius 3 is 2.80 bits per heavy atom. The van der Waals surface area contributed by atoms with Crippen LogP contribution >= 0.6 is 0 Å². The van der Waals surface area contributed by atoms with Gasteiger partial charge in [0, 0.05) is 7.05 Å². The maximum absolute atomic E-state index is 11.9. The molecule has 0 saturated carbocycles. The smallest absolute Gasteiger partial charge is 0.248 e. The van der Waals surface area contributed by atoms with E-state index < -0.39 is 0 Å². The molecule has 5 nitrogen and oxygen atoms in total. The zero-order valence-electron chi connectivity index (χ0n) is 12.2. The molecule has 110 valence electrons. The van der Waals surface area contributed by atoms with Crippen molar-refractivity contribution < 1.29 is 19.0 Å². The maximum Gasteiger partial charge on any atom is 0.248 e. The van der Waals surface area contributed by atoms with E-state index >= 15 is 0 Å². The van der Waals surface area contributed by atoms with Crippen LogP contribution in [0.3, 0.4) is 0 Å². The van der Waals surface area contributed by atoms with E-state index in [1.807, 2.05) is 38.1 Å². The molecule has 5 heteroatoms. The summed E-state index contributed by atoms with van der Waals surface area (Å²) in [5.41, 5.74) is 0. The van der Waals surface area contributed by atoms with Crippen molar-refractivity contribution in [3.05, 3.63) is 24.3 Å². The Kier molecular flexibility index (Phi) is 4.84. The fourth-order valence-electron chi connectivity index (χ4n) is 1.91. The predicted molar refractivity (Wildman–Crippen MR) is 75.1 cm³/mol. The van der Waals surface area contributed by atoms with Crippen molar-refractivity contribution in [3.8, 4) is 11.5 Å². The van der Waals surface area contributed by atoms with Crippen molar-refractivity contribution in [1.82, 2.24) is 4.90 Å². The number of hydrogen-bond acceptors (Lipinski definition) is 4. The lowest BCUT2D eigenvalue weighted by Crippen LogP contribution is -2.43. The molecule has 1 atom stereocenters. The molecule has 1 amide bonds. The Labute approximate surface area is 119 Å². The first kappa shape index (κ1) is 14.7. The van der Waals surface area contributed by atoms with Gasteiger partial charge in [-0.2, -0.15) is 0 Å². The Balaban J connectivity index is 1.84. The molecular formula is C15H21NO4. The summed E-state index contributed by atoms with van der Waals surface area (Å²) >= 11 is 0. The summed E-state index contributed by atoms with van der Waals surface area (Å²) < 4.78 is 16.7. The second kappa shape index (κ2) is 6.61. The summed E-state index contributed by atoms with van der Waals surface area (Å²) in [6.45, 7) is 4.83. The van der Waals surface area contributed by atoms with Crippen molar-refractivity contribution in [2.45, 2.75) is 26.1 Å². The van der Waals surface area contributed by atoms with E-state index in [0.29, 0.717) is 13.2 Å². The van der Waals surface area contributed by atoms with Crippen LogP contribution in [0, 0.1) is 0 Å². The van der Waals surface area contributed by atoms with Crippen LogP contribution in [0.2, 0.25) is 0 Å². The van der Waals surface area contributed by atoms with Crippen molar-refractivity contribution in [2.24, 2.45) is 0 Å². The third kappa shape index (κ3) is 3.87. The Hall–Kier alpha value is -1.75. The van der Waals surface area contributed by atoms with E-state index in [0.717, 1.165) is 11.5 Å². The second-order valence-corrected chi connectivity index (χ2v) is 5.13. The lowest BCUT2D eigenvalue weighted by atomic mass is 10.2. The number of amides is 1. The molecule has 2 rings (SSSR count). The van der Waals surface area contributed by atoms with E-state index in [2.05, 4.69) is 0 Å².